The lowest BCUT2D eigenvalue weighted by molar-refractivity contribution is -0.188. The number of rotatable bonds is 1. The Bertz CT molecular complexity index is 580. The Hall–Kier alpha value is -1.65. The van der Waals surface area contributed by atoms with Crippen molar-refractivity contribution in [2.24, 2.45) is 11.3 Å². The van der Waals surface area contributed by atoms with Crippen LogP contribution in [0.25, 0.3) is 0 Å². The van der Waals surface area contributed by atoms with Crippen LogP contribution >= 0.6 is 0 Å². The van der Waals surface area contributed by atoms with Gasteiger partial charge in [0.1, 0.15) is 17.1 Å². The molecule has 0 N–H and O–H groups in total. The predicted molar refractivity (Wildman–Crippen MR) is 73.2 cm³/mol. The zero-order chi connectivity index (χ0) is 15.6. The van der Waals surface area contributed by atoms with Crippen molar-refractivity contribution in [2.75, 3.05) is 0 Å². The number of hydrogen-bond donors (Lipinski definition) is 0. The Morgan fingerprint density at radius 2 is 1.95 bits per heavy atom. The van der Waals surface area contributed by atoms with Crippen LogP contribution in [0.5, 0.6) is 0 Å². The van der Waals surface area contributed by atoms with E-state index in [1.807, 2.05) is 0 Å². The highest BCUT2D eigenvalue weighted by Crippen LogP contribution is 2.55. The van der Waals surface area contributed by atoms with Gasteiger partial charge in [0.2, 0.25) is 0 Å². The maximum Gasteiger partial charge on any atom is 0.317 e. The number of hydrogen-bond acceptors (Lipinski definition) is 5. The van der Waals surface area contributed by atoms with Gasteiger partial charge in [-0.2, -0.15) is 0 Å². The minimum absolute atomic E-state index is 0.0522. The highest BCUT2D eigenvalue weighted by Gasteiger charge is 2.62. The summed E-state index contributed by atoms with van der Waals surface area (Å²) in [6.45, 7) is 7.12. The molecule has 0 aromatic carbocycles. The molecule has 5 nitrogen and oxygen atoms in total. The summed E-state index contributed by atoms with van der Waals surface area (Å²) < 4.78 is 10.8. The smallest absolute Gasteiger partial charge is 0.317 e. The third-order valence-electron chi connectivity index (χ3n) is 4.69. The van der Waals surface area contributed by atoms with Gasteiger partial charge >= 0.3 is 11.9 Å². The maximum absolute atomic E-state index is 12.5. The first-order chi connectivity index (χ1) is 9.64. The van der Waals surface area contributed by atoms with Crippen molar-refractivity contribution in [2.45, 2.75) is 58.7 Å². The SMILES string of the molecule is CC(C)(C)OC(=O)[C@@H]1C[C@H]2OC(=O)[C@]1(C)C1=C2C(=O)CC1. The van der Waals surface area contributed by atoms with E-state index in [1.165, 1.54) is 0 Å². The molecule has 2 aliphatic carbocycles. The number of carbonyl (C=O) groups is 3. The monoisotopic (exact) mass is 292 g/mol. The number of carbonyl (C=O) groups excluding carboxylic acids is 3. The minimum atomic E-state index is -1.04. The fourth-order valence-electron chi connectivity index (χ4n) is 3.70. The van der Waals surface area contributed by atoms with Gasteiger partial charge in [-0.25, -0.2) is 0 Å². The molecule has 21 heavy (non-hydrogen) atoms. The molecule has 114 valence electrons. The van der Waals surface area contributed by atoms with Crippen LogP contribution in [0.1, 0.15) is 47.0 Å². The molecule has 0 aromatic heterocycles. The standard InChI is InChI=1S/C16H20O5/c1-15(2,3)21-13(18)9-7-11-12-8(5-6-10(12)17)16(9,4)14(19)20-11/h9,11H,5-7H2,1-4H3/t9-,11+,16+/m0/s1. The molecule has 1 fully saturated rings. The fraction of sp³-hybridized carbons (Fsp3) is 0.688. The lowest BCUT2D eigenvalue weighted by Gasteiger charge is -2.47. The summed E-state index contributed by atoms with van der Waals surface area (Å²) in [5, 5.41) is 0. The van der Waals surface area contributed by atoms with Crippen LogP contribution in [0.3, 0.4) is 0 Å². The molecule has 3 atom stereocenters. The largest absolute Gasteiger partial charge is 0.460 e. The van der Waals surface area contributed by atoms with Crippen molar-refractivity contribution in [1.82, 2.24) is 0 Å². The molecule has 0 radical (unpaired) electrons. The lowest BCUT2D eigenvalue weighted by atomic mass is 9.61. The van der Waals surface area contributed by atoms with E-state index < -0.39 is 29.0 Å². The maximum atomic E-state index is 12.5. The van der Waals surface area contributed by atoms with Crippen LogP contribution in [-0.2, 0) is 23.9 Å². The molecule has 5 heteroatoms. The van der Waals surface area contributed by atoms with Crippen molar-refractivity contribution >= 4 is 17.7 Å². The number of esters is 2. The Labute approximate surface area is 123 Å². The Morgan fingerprint density at radius 3 is 2.57 bits per heavy atom. The summed E-state index contributed by atoms with van der Waals surface area (Å²) in [4.78, 5) is 36.8. The van der Waals surface area contributed by atoms with Gasteiger partial charge < -0.3 is 9.47 Å². The zero-order valence-corrected chi connectivity index (χ0v) is 12.8. The lowest BCUT2D eigenvalue weighted by Crippen LogP contribution is -2.56. The van der Waals surface area contributed by atoms with Gasteiger partial charge in [0.15, 0.2) is 5.78 Å². The molecule has 2 bridgehead atoms. The van der Waals surface area contributed by atoms with Gasteiger partial charge in [0.05, 0.1) is 5.92 Å². The number of fused-ring (bicyclic) bond motifs is 2. The summed E-state index contributed by atoms with van der Waals surface area (Å²) >= 11 is 0. The molecule has 0 amide bonds. The summed E-state index contributed by atoms with van der Waals surface area (Å²) in [5.74, 6) is -1.29. The second kappa shape index (κ2) is 4.18. The summed E-state index contributed by atoms with van der Waals surface area (Å²) in [7, 11) is 0. The van der Waals surface area contributed by atoms with E-state index in [0.717, 1.165) is 5.57 Å². The van der Waals surface area contributed by atoms with Gasteiger partial charge in [-0.1, -0.05) is 0 Å². The van der Waals surface area contributed by atoms with Crippen molar-refractivity contribution in [3.05, 3.63) is 11.1 Å². The summed E-state index contributed by atoms with van der Waals surface area (Å²) in [6, 6.07) is 0. The van der Waals surface area contributed by atoms with Crippen molar-refractivity contribution in [1.29, 1.82) is 0 Å². The van der Waals surface area contributed by atoms with Crippen LogP contribution in [0.15, 0.2) is 11.1 Å². The first-order valence-electron chi connectivity index (χ1n) is 7.35. The van der Waals surface area contributed by atoms with Crippen LogP contribution < -0.4 is 0 Å². The van der Waals surface area contributed by atoms with Gasteiger partial charge in [-0.15, -0.1) is 0 Å². The van der Waals surface area contributed by atoms with Crippen molar-refractivity contribution < 1.29 is 23.9 Å². The Kier molecular flexibility index (Phi) is 2.85. The topological polar surface area (TPSA) is 69.7 Å². The minimum Gasteiger partial charge on any atom is -0.460 e. The van der Waals surface area contributed by atoms with E-state index >= 15 is 0 Å². The second-order valence-corrected chi connectivity index (χ2v) is 7.23. The third-order valence-corrected chi connectivity index (χ3v) is 4.69. The Morgan fingerprint density at radius 1 is 1.29 bits per heavy atom. The van der Waals surface area contributed by atoms with Crippen LogP contribution in [0.4, 0.5) is 0 Å². The van der Waals surface area contributed by atoms with Crippen LogP contribution in [0.2, 0.25) is 0 Å². The van der Waals surface area contributed by atoms with Crippen molar-refractivity contribution in [3.63, 3.8) is 0 Å². The molecule has 2 heterocycles. The summed E-state index contributed by atoms with van der Waals surface area (Å²) in [6.07, 6.45) is 0.743. The average molecular weight is 292 g/mol. The van der Waals surface area contributed by atoms with Crippen LogP contribution in [0, 0.1) is 11.3 Å². The van der Waals surface area contributed by atoms with E-state index in [9.17, 15) is 14.4 Å². The summed E-state index contributed by atoms with van der Waals surface area (Å²) in [5.41, 5.74) is -0.206. The molecule has 4 aliphatic rings. The van der Waals surface area contributed by atoms with E-state index in [-0.39, 0.29) is 11.8 Å². The fourth-order valence-corrected chi connectivity index (χ4v) is 3.70. The first kappa shape index (κ1) is 14.3. The molecular weight excluding hydrogens is 272 g/mol. The quantitative estimate of drug-likeness (QED) is 0.691. The van der Waals surface area contributed by atoms with Crippen molar-refractivity contribution in [3.8, 4) is 0 Å². The number of ether oxygens (including phenoxy) is 2. The molecular formula is C16H20O5. The average Bonchev–Trinajstić information content (AvgIpc) is 2.73. The van der Waals surface area contributed by atoms with E-state index in [4.69, 9.17) is 9.47 Å². The molecule has 4 rings (SSSR count). The van der Waals surface area contributed by atoms with E-state index in [0.29, 0.717) is 24.8 Å². The Balaban J connectivity index is 2.00. The van der Waals surface area contributed by atoms with Gasteiger partial charge in [-0.3, -0.25) is 14.4 Å². The molecule has 2 aliphatic heterocycles. The molecule has 0 saturated carbocycles. The third kappa shape index (κ3) is 1.93. The first-order valence-corrected chi connectivity index (χ1v) is 7.35. The zero-order valence-electron chi connectivity index (χ0n) is 12.8. The highest BCUT2D eigenvalue weighted by molar-refractivity contribution is 6.05. The number of Topliss-reactive ketones (excluding diaryl/α,β-unsaturated/α-hetero) is 1. The number of ketones is 1. The van der Waals surface area contributed by atoms with Gasteiger partial charge in [0.25, 0.3) is 0 Å². The second-order valence-electron chi connectivity index (χ2n) is 7.23. The predicted octanol–water partition coefficient (Wildman–Crippen LogP) is 1.94. The van der Waals surface area contributed by atoms with Gasteiger partial charge in [0, 0.05) is 18.4 Å². The van der Waals surface area contributed by atoms with Gasteiger partial charge in [-0.05, 0) is 39.7 Å². The van der Waals surface area contributed by atoms with E-state index in [2.05, 4.69) is 0 Å². The normalized spacial score (nSPS) is 34.9. The molecule has 0 aromatic rings. The molecule has 0 spiro atoms. The highest BCUT2D eigenvalue weighted by atomic mass is 16.6. The molecule has 0 unspecified atom stereocenters. The molecule has 1 saturated heterocycles. The van der Waals surface area contributed by atoms with Crippen LogP contribution in [-0.4, -0.2) is 29.4 Å². The van der Waals surface area contributed by atoms with E-state index in [1.54, 1.807) is 27.7 Å².